The van der Waals surface area contributed by atoms with Gasteiger partial charge in [0, 0.05) is 21.3 Å². The predicted molar refractivity (Wildman–Crippen MR) is 73.5 cm³/mol. The van der Waals surface area contributed by atoms with E-state index in [9.17, 15) is 0 Å². The van der Waals surface area contributed by atoms with Crippen LogP contribution in [0, 0.1) is 0 Å². The minimum atomic E-state index is 0.977. The van der Waals surface area contributed by atoms with Crippen molar-refractivity contribution in [3.8, 4) is 0 Å². The van der Waals surface area contributed by atoms with Gasteiger partial charge in [0.2, 0.25) is 0 Å². The van der Waals surface area contributed by atoms with Crippen molar-refractivity contribution in [3.63, 3.8) is 0 Å². The van der Waals surface area contributed by atoms with E-state index in [2.05, 4.69) is 49.0 Å². The Morgan fingerprint density at radius 1 is 1.20 bits per heavy atom. The first kappa shape index (κ1) is 11.6. The molecule has 2 rings (SSSR count). The van der Waals surface area contributed by atoms with Gasteiger partial charge in [-0.15, -0.1) is 23.1 Å². The molecule has 0 aliphatic heterocycles. The molecule has 0 bridgehead atoms. The van der Waals surface area contributed by atoms with Crippen molar-refractivity contribution in [2.24, 2.45) is 0 Å². The number of aromatic nitrogens is 1. The van der Waals surface area contributed by atoms with Crippen LogP contribution in [0.15, 0.2) is 43.7 Å². The molecule has 2 heterocycles. The van der Waals surface area contributed by atoms with Crippen LogP contribution in [-0.2, 0) is 5.75 Å². The molecule has 0 aliphatic rings. The van der Waals surface area contributed by atoms with Gasteiger partial charge in [-0.05, 0) is 56.1 Å². The van der Waals surface area contributed by atoms with Gasteiger partial charge < -0.3 is 0 Å². The molecule has 0 N–H and O–H groups in total. The summed E-state index contributed by atoms with van der Waals surface area (Å²) in [5.41, 5.74) is 0. The van der Waals surface area contributed by atoms with Crippen molar-refractivity contribution in [2.75, 3.05) is 0 Å². The number of thioether (sulfide) groups is 1. The largest absolute Gasteiger partial charge is 0.249 e. The van der Waals surface area contributed by atoms with Crippen molar-refractivity contribution in [2.45, 2.75) is 10.8 Å². The number of nitrogens with zero attached hydrogens (tertiary/aromatic N) is 1. The highest BCUT2D eigenvalue weighted by Gasteiger charge is 2.00. The highest BCUT2D eigenvalue weighted by atomic mass is 79.9. The molecule has 78 valence electrons. The lowest BCUT2D eigenvalue weighted by Crippen LogP contribution is -1.79. The van der Waals surface area contributed by atoms with Gasteiger partial charge in [-0.3, -0.25) is 0 Å². The minimum absolute atomic E-state index is 0.977. The molecule has 2 aromatic heterocycles. The summed E-state index contributed by atoms with van der Waals surface area (Å²) in [6.07, 6.45) is 1.83. The van der Waals surface area contributed by atoms with Crippen LogP contribution in [-0.4, -0.2) is 4.98 Å². The summed E-state index contributed by atoms with van der Waals surface area (Å²) in [4.78, 5) is 5.67. The zero-order valence-corrected chi connectivity index (χ0v) is 12.4. The molecule has 0 saturated heterocycles. The Morgan fingerprint density at radius 2 is 2.07 bits per heavy atom. The fourth-order valence-corrected chi connectivity index (χ4v) is 3.63. The lowest BCUT2D eigenvalue weighted by Gasteiger charge is -1.98. The molecule has 0 atom stereocenters. The van der Waals surface area contributed by atoms with E-state index in [0.29, 0.717) is 0 Å². The van der Waals surface area contributed by atoms with Gasteiger partial charge in [-0.25, -0.2) is 4.98 Å². The van der Waals surface area contributed by atoms with Gasteiger partial charge in [0.15, 0.2) is 0 Å². The Morgan fingerprint density at radius 3 is 2.67 bits per heavy atom. The molecular weight excluding hydrogens is 358 g/mol. The second kappa shape index (κ2) is 5.48. The van der Waals surface area contributed by atoms with Gasteiger partial charge in [0.1, 0.15) is 0 Å². The summed E-state index contributed by atoms with van der Waals surface area (Å²) in [7, 11) is 0. The Bertz CT molecular complexity index is 439. The summed E-state index contributed by atoms with van der Waals surface area (Å²) in [6.45, 7) is 0. The molecule has 0 amide bonds. The van der Waals surface area contributed by atoms with Crippen LogP contribution < -0.4 is 0 Å². The Balaban J connectivity index is 1.96. The number of pyridine rings is 1. The fourth-order valence-electron chi connectivity index (χ4n) is 1.02. The molecule has 0 aliphatic carbocycles. The van der Waals surface area contributed by atoms with E-state index in [0.717, 1.165) is 15.3 Å². The smallest absolute Gasteiger partial charge is 0.0964 e. The molecule has 0 unspecified atom stereocenters. The van der Waals surface area contributed by atoms with Crippen LogP contribution in [0.4, 0.5) is 0 Å². The molecule has 5 heteroatoms. The van der Waals surface area contributed by atoms with E-state index >= 15 is 0 Å². The van der Waals surface area contributed by atoms with Gasteiger partial charge in [-0.2, -0.15) is 0 Å². The molecule has 2 aromatic rings. The van der Waals surface area contributed by atoms with E-state index in [4.69, 9.17) is 0 Å². The van der Waals surface area contributed by atoms with Crippen molar-refractivity contribution in [1.82, 2.24) is 4.98 Å². The zero-order chi connectivity index (χ0) is 10.7. The molecular formula is C10H7Br2NS2. The maximum atomic E-state index is 4.31. The van der Waals surface area contributed by atoms with Crippen LogP contribution in [0.5, 0.6) is 0 Å². The van der Waals surface area contributed by atoms with Gasteiger partial charge in [0.05, 0.1) is 8.81 Å². The van der Waals surface area contributed by atoms with Gasteiger partial charge in [0.25, 0.3) is 0 Å². The van der Waals surface area contributed by atoms with Crippen LogP contribution in [0.1, 0.15) is 4.88 Å². The van der Waals surface area contributed by atoms with Gasteiger partial charge in [-0.1, -0.05) is 0 Å². The normalized spacial score (nSPS) is 10.5. The summed E-state index contributed by atoms with van der Waals surface area (Å²) in [5, 5.41) is 1.06. The first-order valence-electron chi connectivity index (χ1n) is 4.22. The third-order valence-corrected chi connectivity index (χ3v) is 4.96. The monoisotopic (exact) mass is 363 g/mol. The third-order valence-electron chi connectivity index (χ3n) is 1.69. The highest BCUT2D eigenvalue weighted by molar-refractivity contribution is 9.11. The Hall–Kier alpha value is 0.160. The SMILES string of the molecule is Brc1ccc(SCc2ccc(Br)s2)nc1. The van der Waals surface area contributed by atoms with Gasteiger partial charge >= 0.3 is 0 Å². The number of thiophene rings is 1. The lowest BCUT2D eigenvalue weighted by molar-refractivity contribution is 1.12. The fraction of sp³-hybridized carbons (Fsp3) is 0.100. The summed E-state index contributed by atoms with van der Waals surface area (Å²) in [5.74, 6) is 0.977. The van der Waals surface area contributed by atoms with Crippen molar-refractivity contribution < 1.29 is 0 Å². The van der Waals surface area contributed by atoms with E-state index in [1.807, 2.05) is 18.3 Å². The zero-order valence-electron chi connectivity index (χ0n) is 7.61. The highest BCUT2D eigenvalue weighted by Crippen LogP contribution is 2.28. The molecule has 0 radical (unpaired) electrons. The molecule has 0 fully saturated rings. The number of hydrogen-bond acceptors (Lipinski definition) is 3. The molecule has 0 aromatic carbocycles. The topological polar surface area (TPSA) is 12.9 Å². The van der Waals surface area contributed by atoms with Crippen LogP contribution in [0.2, 0.25) is 0 Å². The Kier molecular flexibility index (Phi) is 4.25. The number of hydrogen-bond donors (Lipinski definition) is 0. The van der Waals surface area contributed by atoms with Crippen molar-refractivity contribution in [3.05, 3.63) is 43.6 Å². The average molecular weight is 365 g/mol. The first-order chi connectivity index (χ1) is 7.24. The summed E-state index contributed by atoms with van der Waals surface area (Å²) >= 11 is 10.3. The molecule has 1 nitrogen and oxygen atoms in total. The summed E-state index contributed by atoms with van der Waals surface area (Å²) in [6, 6.07) is 8.26. The lowest BCUT2D eigenvalue weighted by atomic mass is 10.5. The Labute approximate surface area is 114 Å². The second-order valence-corrected chi connectivity index (χ2v) is 7.27. The molecule has 0 spiro atoms. The maximum Gasteiger partial charge on any atom is 0.0964 e. The van der Waals surface area contributed by atoms with Crippen LogP contribution in [0.3, 0.4) is 0 Å². The predicted octanol–water partition coefficient (Wildman–Crippen LogP) is 4.96. The van der Waals surface area contributed by atoms with E-state index in [-0.39, 0.29) is 0 Å². The minimum Gasteiger partial charge on any atom is -0.249 e. The summed E-state index contributed by atoms with van der Waals surface area (Å²) < 4.78 is 2.20. The maximum absolute atomic E-state index is 4.31. The second-order valence-electron chi connectivity index (χ2n) is 2.81. The standard InChI is InChI=1S/C10H7Br2NS2/c11-7-1-4-10(13-5-7)14-6-8-2-3-9(12)15-8/h1-5H,6H2. The average Bonchev–Trinajstić information content (AvgIpc) is 2.64. The molecule has 15 heavy (non-hydrogen) atoms. The van der Waals surface area contributed by atoms with Crippen LogP contribution in [0.25, 0.3) is 0 Å². The number of rotatable bonds is 3. The van der Waals surface area contributed by atoms with E-state index in [1.54, 1.807) is 23.1 Å². The first-order valence-corrected chi connectivity index (χ1v) is 7.61. The van der Waals surface area contributed by atoms with Crippen molar-refractivity contribution in [1.29, 1.82) is 0 Å². The van der Waals surface area contributed by atoms with E-state index < -0.39 is 0 Å². The van der Waals surface area contributed by atoms with Crippen LogP contribution >= 0.6 is 55.0 Å². The number of halogens is 2. The van der Waals surface area contributed by atoms with Crippen molar-refractivity contribution >= 4 is 55.0 Å². The third kappa shape index (κ3) is 3.59. The quantitative estimate of drug-likeness (QED) is 0.714. The molecule has 0 saturated carbocycles. The van der Waals surface area contributed by atoms with E-state index in [1.165, 1.54) is 8.66 Å².